The van der Waals surface area contributed by atoms with E-state index in [4.69, 9.17) is 0 Å². The van der Waals surface area contributed by atoms with E-state index in [0.717, 1.165) is 32.9 Å². The van der Waals surface area contributed by atoms with Gasteiger partial charge < -0.3 is 5.11 Å². The molecule has 0 saturated carbocycles. The van der Waals surface area contributed by atoms with Crippen LogP contribution in [0.15, 0.2) is 47.4 Å². The highest BCUT2D eigenvalue weighted by Gasteiger charge is 2.20. The van der Waals surface area contributed by atoms with Crippen molar-refractivity contribution in [1.29, 1.82) is 0 Å². The quantitative estimate of drug-likeness (QED) is 0.537. The lowest BCUT2D eigenvalue weighted by Gasteiger charge is -2.07. The van der Waals surface area contributed by atoms with Gasteiger partial charge in [-0.25, -0.2) is 0 Å². The average molecular weight is 314 g/mol. The summed E-state index contributed by atoms with van der Waals surface area (Å²) < 4.78 is 1.72. The zero-order valence-electron chi connectivity index (χ0n) is 13.0. The third-order valence-electron chi connectivity index (χ3n) is 4.77. The highest BCUT2D eigenvalue weighted by molar-refractivity contribution is 6.14. The SMILES string of the molecule is CC1C=Cc2c(c3nccc4c5cc(O)ccc5n(c2=O)c34)C=C1. The van der Waals surface area contributed by atoms with E-state index in [1.807, 2.05) is 24.3 Å². The zero-order chi connectivity index (χ0) is 16.4. The minimum atomic E-state index is -0.0498. The normalized spacial score (nSPS) is 17.0. The predicted molar refractivity (Wildman–Crippen MR) is 96.6 cm³/mol. The number of pyridine rings is 2. The number of aromatic nitrogens is 2. The van der Waals surface area contributed by atoms with Crippen molar-refractivity contribution in [1.82, 2.24) is 9.38 Å². The lowest BCUT2D eigenvalue weighted by atomic mass is 10.1. The molecular weight excluding hydrogens is 300 g/mol. The molecule has 0 aliphatic heterocycles. The van der Waals surface area contributed by atoms with Crippen LogP contribution in [0.2, 0.25) is 0 Å². The summed E-state index contributed by atoms with van der Waals surface area (Å²) >= 11 is 0. The minimum Gasteiger partial charge on any atom is -0.508 e. The maximum absolute atomic E-state index is 13.2. The van der Waals surface area contributed by atoms with Gasteiger partial charge in [0.25, 0.3) is 5.56 Å². The Bertz CT molecular complexity index is 1250. The number of fused-ring (bicyclic) bond motifs is 5. The average Bonchev–Trinajstić information content (AvgIpc) is 2.76. The Morgan fingerprint density at radius 1 is 1.08 bits per heavy atom. The Labute approximate surface area is 137 Å². The molecule has 4 nitrogen and oxygen atoms in total. The van der Waals surface area contributed by atoms with Crippen molar-refractivity contribution < 1.29 is 5.11 Å². The summed E-state index contributed by atoms with van der Waals surface area (Å²) in [7, 11) is 0. The van der Waals surface area contributed by atoms with Crippen molar-refractivity contribution in [2.75, 3.05) is 0 Å². The first-order valence-corrected chi connectivity index (χ1v) is 7.93. The molecule has 5 rings (SSSR count). The van der Waals surface area contributed by atoms with Crippen LogP contribution >= 0.6 is 0 Å². The molecule has 3 aromatic heterocycles. The number of benzene rings is 1. The van der Waals surface area contributed by atoms with Crippen LogP contribution in [0.25, 0.3) is 39.5 Å². The molecule has 1 unspecified atom stereocenters. The van der Waals surface area contributed by atoms with Crippen LogP contribution in [0, 0.1) is 5.92 Å². The second kappa shape index (κ2) is 4.45. The summed E-state index contributed by atoms with van der Waals surface area (Å²) in [4.78, 5) is 17.7. The highest BCUT2D eigenvalue weighted by Crippen LogP contribution is 2.34. The van der Waals surface area contributed by atoms with Crippen LogP contribution in [-0.2, 0) is 0 Å². The molecule has 1 aliphatic carbocycles. The van der Waals surface area contributed by atoms with E-state index in [1.165, 1.54) is 0 Å². The molecule has 1 atom stereocenters. The second-order valence-electron chi connectivity index (χ2n) is 6.30. The first kappa shape index (κ1) is 13.3. The van der Waals surface area contributed by atoms with Gasteiger partial charge in [0.15, 0.2) is 0 Å². The topological polar surface area (TPSA) is 54.6 Å². The van der Waals surface area contributed by atoms with Crippen molar-refractivity contribution >= 4 is 39.5 Å². The standard InChI is InChI=1S/C20H14N2O2/c1-11-2-5-13-15(6-3-11)20(24)22-17-7-4-12(23)10-16(17)14-8-9-21-18(13)19(14)22/h2-11,23H,1H3. The van der Waals surface area contributed by atoms with Crippen LogP contribution in [0.3, 0.4) is 0 Å². The molecule has 0 spiro atoms. The van der Waals surface area contributed by atoms with Gasteiger partial charge in [0.2, 0.25) is 0 Å². The Balaban J connectivity index is 2.13. The van der Waals surface area contributed by atoms with Crippen LogP contribution in [0.1, 0.15) is 18.1 Å². The number of allylic oxidation sites excluding steroid dienone is 2. The van der Waals surface area contributed by atoms with Gasteiger partial charge in [-0.05, 0) is 30.2 Å². The smallest absolute Gasteiger partial charge is 0.263 e. The zero-order valence-corrected chi connectivity index (χ0v) is 13.0. The Morgan fingerprint density at radius 3 is 2.71 bits per heavy atom. The Kier molecular flexibility index (Phi) is 2.47. The van der Waals surface area contributed by atoms with Crippen molar-refractivity contribution in [2.24, 2.45) is 5.92 Å². The molecule has 3 heterocycles. The van der Waals surface area contributed by atoms with Gasteiger partial charge in [-0.1, -0.05) is 31.2 Å². The number of nitrogens with zero attached hydrogens (tertiary/aromatic N) is 2. The molecule has 24 heavy (non-hydrogen) atoms. The number of phenols is 1. The predicted octanol–water partition coefficient (Wildman–Crippen LogP) is 3.82. The second-order valence-corrected chi connectivity index (χ2v) is 6.30. The molecule has 1 aromatic carbocycles. The lowest BCUT2D eigenvalue weighted by molar-refractivity contribution is 0.476. The third-order valence-corrected chi connectivity index (χ3v) is 4.77. The number of hydrogen-bond acceptors (Lipinski definition) is 3. The van der Waals surface area contributed by atoms with Crippen LogP contribution in [0.5, 0.6) is 5.75 Å². The van der Waals surface area contributed by atoms with Gasteiger partial charge in [0, 0.05) is 28.1 Å². The first-order valence-electron chi connectivity index (χ1n) is 7.93. The molecule has 0 bridgehead atoms. The number of rotatable bonds is 0. The fourth-order valence-electron chi connectivity index (χ4n) is 3.61. The molecule has 0 saturated heterocycles. The summed E-state index contributed by atoms with van der Waals surface area (Å²) in [6.45, 7) is 2.09. The fraction of sp³-hybridized carbons (Fsp3) is 0.100. The van der Waals surface area contributed by atoms with Gasteiger partial charge in [0.05, 0.1) is 16.6 Å². The van der Waals surface area contributed by atoms with E-state index in [0.29, 0.717) is 5.56 Å². The van der Waals surface area contributed by atoms with Crippen molar-refractivity contribution in [3.05, 3.63) is 64.1 Å². The Hall–Kier alpha value is -3.14. The molecule has 0 amide bonds. The summed E-state index contributed by atoms with van der Waals surface area (Å²) in [5.41, 5.74) is 3.90. The lowest BCUT2D eigenvalue weighted by Crippen LogP contribution is -2.17. The molecule has 0 radical (unpaired) electrons. The molecule has 1 N–H and O–H groups in total. The molecular formula is C20H14N2O2. The first-order chi connectivity index (χ1) is 11.6. The van der Waals surface area contributed by atoms with E-state index < -0.39 is 0 Å². The van der Waals surface area contributed by atoms with Gasteiger partial charge in [-0.3, -0.25) is 14.2 Å². The van der Waals surface area contributed by atoms with Gasteiger partial charge in [-0.15, -0.1) is 0 Å². The molecule has 0 fully saturated rings. The summed E-state index contributed by atoms with van der Waals surface area (Å²) in [6, 6.07) is 7.00. The van der Waals surface area contributed by atoms with E-state index >= 15 is 0 Å². The maximum Gasteiger partial charge on any atom is 0.263 e. The van der Waals surface area contributed by atoms with Crippen LogP contribution < -0.4 is 5.56 Å². The molecule has 4 aromatic rings. The maximum atomic E-state index is 13.2. The fourth-order valence-corrected chi connectivity index (χ4v) is 3.61. The number of phenolic OH excluding ortho intramolecular Hbond substituents is 1. The van der Waals surface area contributed by atoms with Gasteiger partial charge >= 0.3 is 0 Å². The van der Waals surface area contributed by atoms with Crippen molar-refractivity contribution in [2.45, 2.75) is 6.92 Å². The highest BCUT2D eigenvalue weighted by atomic mass is 16.3. The summed E-state index contributed by atoms with van der Waals surface area (Å²) in [5.74, 6) is 0.463. The molecule has 4 heteroatoms. The number of hydrogen-bond donors (Lipinski definition) is 1. The summed E-state index contributed by atoms with van der Waals surface area (Å²) in [6.07, 6.45) is 9.77. The van der Waals surface area contributed by atoms with E-state index in [9.17, 15) is 9.90 Å². The van der Waals surface area contributed by atoms with Gasteiger partial charge in [0.1, 0.15) is 5.75 Å². The van der Waals surface area contributed by atoms with Crippen molar-refractivity contribution in [3.63, 3.8) is 0 Å². The van der Waals surface area contributed by atoms with E-state index in [2.05, 4.69) is 18.0 Å². The monoisotopic (exact) mass is 314 g/mol. The van der Waals surface area contributed by atoms with Crippen LogP contribution in [-0.4, -0.2) is 14.5 Å². The van der Waals surface area contributed by atoms with Gasteiger partial charge in [-0.2, -0.15) is 0 Å². The number of aromatic hydroxyl groups is 1. The minimum absolute atomic E-state index is 0.0498. The van der Waals surface area contributed by atoms with Crippen molar-refractivity contribution in [3.8, 4) is 5.75 Å². The third kappa shape index (κ3) is 1.57. The molecule has 1 aliphatic rings. The van der Waals surface area contributed by atoms with E-state index in [-0.39, 0.29) is 17.2 Å². The largest absolute Gasteiger partial charge is 0.508 e. The van der Waals surface area contributed by atoms with Crippen LogP contribution in [0.4, 0.5) is 0 Å². The Morgan fingerprint density at radius 2 is 1.88 bits per heavy atom. The molecule has 116 valence electrons. The summed E-state index contributed by atoms with van der Waals surface area (Å²) in [5, 5.41) is 11.6. The van der Waals surface area contributed by atoms with E-state index in [1.54, 1.807) is 28.8 Å².